The number of nitrogens with one attached hydrogen (secondary N) is 1. The van der Waals surface area contributed by atoms with Crippen LogP contribution < -0.4 is 10.1 Å². The largest absolute Gasteiger partial charge is 0.497 e. The molecule has 4 rings (SSSR count). The first-order valence-electron chi connectivity index (χ1n) is 9.14. The Labute approximate surface area is 158 Å². The van der Waals surface area contributed by atoms with E-state index in [1.807, 2.05) is 41.3 Å². The van der Waals surface area contributed by atoms with Crippen LogP contribution in [0.25, 0.3) is 11.0 Å². The minimum Gasteiger partial charge on any atom is -0.497 e. The van der Waals surface area contributed by atoms with Gasteiger partial charge in [0.15, 0.2) is 5.65 Å². The second-order valence-electron chi connectivity index (χ2n) is 6.71. The van der Waals surface area contributed by atoms with Crippen LogP contribution in [0.15, 0.2) is 54.7 Å². The molecule has 27 heavy (non-hydrogen) atoms. The summed E-state index contributed by atoms with van der Waals surface area (Å²) < 4.78 is 5.14. The highest BCUT2D eigenvalue weighted by Crippen LogP contribution is 2.28. The molecule has 138 valence electrons. The molecule has 6 nitrogen and oxygen atoms in total. The third kappa shape index (κ3) is 3.84. The number of carbonyl (C=O) groups excluding carboxylic acids is 1. The zero-order valence-electron chi connectivity index (χ0n) is 15.3. The van der Waals surface area contributed by atoms with Crippen LogP contribution in [0, 0.1) is 0 Å². The van der Waals surface area contributed by atoms with Crippen molar-refractivity contribution in [2.45, 2.75) is 18.8 Å². The van der Waals surface area contributed by atoms with Gasteiger partial charge in [-0.2, -0.15) is 0 Å². The van der Waals surface area contributed by atoms with Gasteiger partial charge in [-0.15, -0.1) is 0 Å². The molecule has 3 aromatic rings. The van der Waals surface area contributed by atoms with Crippen LogP contribution >= 0.6 is 0 Å². The molecule has 1 aromatic carbocycles. The van der Waals surface area contributed by atoms with Crippen molar-refractivity contribution in [2.24, 2.45) is 0 Å². The van der Waals surface area contributed by atoms with Gasteiger partial charge in [-0.25, -0.2) is 14.8 Å². The first-order chi connectivity index (χ1) is 13.2. The average molecular weight is 362 g/mol. The molecule has 0 spiro atoms. The third-order valence-electron chi connectivity index (χ3n) is 5.03. The van der Waals surface area contributed by atoms with E-state index in [0.717, 1.165) is 41.0 Å². The summed E-state index contributed by atoms with van der Waals surface area (Å²) in [6.45, 7) is 1.43. The van der Waals surface area contributed by atoms with E-state index >= 15 is 0 Å². The predicted molar refractivity (Wildman–Crippen MR) is 105 cm³/mol. The smallest absolute Gasteiger partial charge is 0.321 e. The van der Waals surface area contributed by atoms with Crippen LogP contribution in [-0.2, 0) is 0 Å². The molecule has 1 N–H and O–H groups in total. The zero-order valence-corrected chi connectivity index (χ0v) is 15.3. The Morgan fingerprint density at radius 3 is 2.63 bits per heavy atom. The standard InChI is InChI=1S/C21H22N4O2/c1-27-18-7-5-17(6-8-18)23-21(26)25-13-10-15(11-14-25)19-9-4-16-3-2-12-22-20(16)24-19/h2-9,12,15H,10-11,13-14H2,1H3,(H,23,26). The predicted octanol–water partition coefficient (Wildman–Crippen LogP) is 4.05. The van der Waals surface area contributed by atoms with Crippen LogP contribution in [-0.4, -0.2) is 41.1 Å². The van der Waals surface area contributed by atoms with Gasteiger partial charge in [-0.3, -0.25) is 0 Å². The van der Waals surface area contributed by atoms with Gasteiger partial charge in [0.1, 0.15) is 5.75 Å². The molecule has 0 saturated carbocycles. The Hall–Kier alpha value is -3.15. The Bertz CT molecular complexity index is 934. The number of benzene rings is 1. The normalized spacial score (nSPS) is 14.9. The van der Waals surface area contributed by atoms with E-state index in [2.05, 4.69) is 22.4 Å². The lowest BCUT2D eigenvalue weighted by Gasteiger charge is -2.31. The van der Waals surface area contributed by atoms with Gasteiger partial charge >= 0.3 is 6.03 Å². The molecular formula is C21H22N4O2. The summed E-state index contributed by atoms with van der Waals surface area (Å²) in [5.74, 6) is 1.13. The van der Waals surface area contributed by atoms with Gasteiger partial charge in [0.25, 0.3) is 0 Å². The van der Waals surface area contributed by atoms with E-state index in [0.29, 0.717) is 19.0 Å². The Kier molecular flexibility index (Phi) is 4.87. The summed E-state index contributed by atoms with van der Waals surface area (Å²) in [5.41, 5.74) is 2.62. The number of piperidine rings is 1. The number of aromatic nitrogens is 2. The van der Waals surface area contributed by atoms with Crippen molar-refractivity contribution in [1.82, 2.24) is 14.9 Å². The number of pyridine rings is 2. The van der Waals surface area contributed by atoms with E-state index in [1.54, 1.807) is 13.3 Å². The number of amides is 2. The van der Waals surface area contributed by atoms with Gasteiger partial charge in [0.05, 0.1) is 7.11 Å². The van der Waals surface area contributed by atoms with Crippen LogP contribution in [0.1, 0.15) is 24.5 Å². The van der Waals surface area contributed by atoms with Crippen molar-refractivity contribution >= 4 is 22.8 Å². The van der Waals surface area contributed by atoms with E-state index in [9.17, 15) is 4.79 Å². The van der Waals surface area contributed by atoms with Crippen LogP contribution in [0.5, 0.6) is 5.75 Å². The summed E-state index contributed by atoms with van der Waals surface area (Å²) in [5, 5.41) is 4.00. The highest BCUT2D eigenvalue weighted by atomic mass is 16.5. The molecule has 2 aromatic heterocycles. The van der Waals surface area contributed by atoms with E-state index in [4.69, 9.17) is 9.72 Å². The van der Waals surface area contributed by atoms with Gasteiger partial charge in [-0.05, 0) is 61.4 Å². The van der Waals surface area contributed by atoms with Crippen molar-refractivity contribution in [3.05, 3.63) is 60.4 Å². The van der Waals surface area contributed by atoms with Gasteiger partial charge in [0.2, 0.25) is 0 Å². The van der Waals surface area contributed by atoms with Gasteiger partial charge in [0, 0.05) is 42.0 Å². The second kappa shape index (κ2) is 7.61. The molecule has 1 aliphatic rings. The number of ether oxygens (including phenoxy) is 1. The number of carbonyl (C=O) groups is 1. The van der Waals surface area contributed by atoms with E-state index < -0.39 is 0 Å². The SMILES string of the molecule is COc1ccc(NC(=O)N2CCC(c3ccc4cccnc4n3)CC2)cc1. The molecule has 1 saturated heterocycles. The fraction of sp³-hybridized carbons (Fsp3) is 0.286. The van der Waals surface area contributed by atoms with E-state index in [-0.39, 0.29) is 6.03 Å². The number of urea groups is 1. The summed E-state index contributed by atoms with van der Waals surface area (Å²) in [6, 6.07) is 15.4. The van der Waals surface area contributed by atoms with Crippen LogP contribution in [0.4, 0.5) is 10.5 Å². The highest BCUT2D eigenvalue weighted by Gasteiger charge is 2.24. The average Bonchev–Trinajstić information content (AvgIpc) is 2.74. The fourth-order valence-electron chi connectivity index (χ4n) is 3.45. The molecule has 1 aliphatic heterocycles. The summed E-state index contributed by atoms with van der Waals surface area (Å²) in [7, 11) is 1.62. The molecule has 2 amide bonds. The maximum Gasteiger partial charge on any atom is 0.321 e. The lowest BCUT2D eigenvalue weighted by molar-refractivity contribution is 0.194. The molecule has 0 bridgehead atoms. The molecule has 1 fully saturated rings. The number of likely N-dealkylation sites (tertiary alicyclic amines) is 1. The van der Waals surface area contributed by atoms with Crippen LogP contribution in [0.3, 0.4) is 0 Å². The number of hydrogen-bond acceptors (Lipinski definition) is 4. The number of rotatable bonds is 3. The molecule has 0 aliphatic carbocycles. The van der Waals surface area contributed by atoms with Crippen molar-refractivity contribution in [3.8, 4) is 5.75 Å². The first-order valence-corrected chi connectivity index (χ1v) is 9.14. The number of fused-ring (bicyclic) bond motifs is 1. The van der Waals surface area contributed by atoms with Gasteiger partial charge < -0.3 is 15.0 Å². The first kappa shape index (κ1) is 17.3. The molecule has 6 heteroatoms. The van der Waals surface area contributed by atoms with Crippen LogP contribution in [0.2, 0.25) is 0 Å². The minimum absolute atomic E-state index is 0.0632. The quantitative estimate of drug-likeness (QED) is 0.763. The lowest BCUT2D eigenvalue weighted by atomic mass is 9.93. The zero-order chi connectivity index (χ0) is 18.6. The molecule has 0 radical (unpaired) electrons. The summed E-state index contributed by atoms with van der Waals surface area (Å²) >= 11 is 0. The van der Waals surface area contributed by atoms with Gasteiger partial charge in [-0.1, -0.05) is 0 Å². The number of anilines is 1. The fourth-order valence-corrected chi connectivity index (χ4v) is 3.45. The maximum atomic E-state index is 12.5. The van der Waals surface area contributed by atoms with Crippen molar-refractivity contribution in [3.63, 3.8) is 0 Å². The Morgan fingerprint density at radius 2 is 1.89 bits per heavy atom. The monoisotopic (exact) mass is 362 g/mol. The number of hydrogen-bond donors (Lipinski definition) is 1. The summed E-state index contributed by atoms with van der Waals surface area (Å²) in [4.78, 5) is 23.4. The second-order valence-corrected chi connectivity index (χ2v) is 6.71. The lowest BCUT2D eigenvalue weighted by Crippen LogP contribution is -2.40. The van der Waals surface area contributed by atoms with Crippen molar-refractivity contribution in [2.75, 3.05) is 25.5 Å². The molecule has 3 heterocycles. The van der Waals surface area contributed by atoms with E-state index in [1.165, 1.54) is 0 Å². The molecular weight excluding hydrogens is 340 g/mol. The topological polar surface area (TPSA) is 67.3 Å². The molecule has 0 atom stereocenters. The maximum absolute atomic E-state index is 12.5. The summed E-state index contributed by atoms with van der Waals surface area (Å²) in [6.07, 6.45) is 3.58. The Morgan fingerprint density at radius 1 is 1.11 bits per heavy atom. The molecule has 0 unspecified atom stereocenters. The minimum atomic E-state index is -0.0632. The third-order valence-corrected chi connectivity index (χ3v) is 5.03. The van der Waals surface area contributed by atoms with Crippen molar-refractivity contribution in [1.29, 1.82) is 0 Å². The number of methoxy groups -OCH3 is 1. The van der Waals surface area contributed by atoms with Crippen molar-refractivity contribution < 1.29 is 9.53 Å². The Balaban J connectivity index is 1.36. The number of nitrogens with zero attached hydrogens (tertiary/aromatic N) is 3. The highest BCUT2D eigenvalue weighted by molar-refractivity contribution is 5.89.